The van der Waals surface area contributed by atoms with Crippen molar-refractivity contribution in [1.29, 1.82) is 0 Å². The van der Waals surface area contributed by atoms with Crippen LogP contribution in [0.15, 0.2) is 66.7 Å². The number of anilines is 3. The lowest BCUT2D eigenvalue weighted by Crippen LogP contribution is -2.30. The van der Waals surface area contributed by atoms with E-state index in [2.05, 4.69) is 39.2 Å². The van der Waals surface area contributed by atoms with Crippen LogP contribution in [0.25, 0.3) is 0 Å². The summed E-state index contributed by atoms with van der Waals surface area (Å²) >= 11 is 0. The van der Waals surface area contributed by atoms with Crippen LogP contribution in [-0.2, 0) is 23.0 Å². The average molecular weight is 452 g/mol. The van der Waals surface area contributed by atoms with Gasteiger partial charge in [-0.3, -0.25) is 9.52 Å². The third-order valence-electron chi connectivity index (χ3n) is 5.38. The van der Waals surface area contributed by atoms with Crippen molar-refractivity contribution in [2.24, 2.45) is 0 Å². The number of fused-ring (bicyclic) bond motifs is 1. The second-order valence-corrected chi connectivity index (χ2v) is 9.48. The number of rotatable bonds is 6. The molecular weight excluding hydrogens is 426 g/mol. The lowest BCUT2D eigenvalue weighted by atomic mass is 9.99. The van der Waals surface area contributed by atoms with Crippen LogP contribution in [0.4, 0.5) is 17.1 Å². The highest BCUT2D eigenvalue weighted by Crippen LogP contribution is 2.29. The minimum atomic E-state index is -3.49. The van der Waals surface area contributed by atoms with Gasteiger partial charge in [0.15, 0.2) is 0 Å². The summed E-state index contributed by atoms with van der Waals surface area (Å²) < 4.78 is 30.8. The molecule has 0 bridgehead atoms. The molecule has 0 fully saturated rings. The summed E-state index contributed by atoms with van der Waals surface area (Å²) in [6, 6.07) is 20.7. The summed E-state index contributed by atoms with van der Waals surface area (Å²) in [6.45, 7) is 1.79. The molecule has 1 heterocycles. The minimum Gasteiger partial charge on any atom is -0.495 e. The van der Waals surface area contributed by atoms with E-state index in [9.17, 15) is 13.2 Å². The van der Waals surface area contributed by atoms with Crippen LogP contribution >= 0.6 is 0 Å². The van der Waals surface area contributed by atoms with Gasteiger partial charge in [-0.2, -0.15) is 0 Å². The molecule has 0 saturated heterocycles. The van der Waals surface area contributed by atoms with Gasteiger partial charge in [0, 0.05) is 30.0 Å². The number of carbonyl (C=O) groups excluding carboxylic acids is 1. The Kier molecular flexibility index (Phi) is 6.05. The van der Waals surface area contributed by atoms with Crippen molar-refractivity contribution >= 4 is 33.0 Å². The SMILES string of the molecule is COc1ccc(NC(=O)c2ccc(N3CCc4ccccc4C3)cc2)cc1NS(C)(=O)=O. The number of sulfonamides is 1. The van der Waals surface area contributed by atoms with Gasteiger partial charge in [0.25, 0.3) is 5.91 Å². The molecule has 3 aromatic rings. The molecule has 166 valence electrons. The molecule has 1 aliphatic heterocycles. The topological polar surface area (TPSA) is 87.7 Å². The van der Waals surface area contributed by atoms with E-state index in [0.29, 0.717) is 17.0 Å². The molecule has 0 spiro atoms. The maximum Gasteiger partial charge on any atom is 0.255 e. The number of amides is 1. The van der Waals surface area contributed by atoms with Crippen LogP contribution in [0.1, 0.15) is 21.5 Å². The Bertz CT molecular complexity index is 1240. The van der Waals surface area contributed by atoms with Crippen LogP contribution in [-0.4, -0.2) is 34.2 Å². The van der Waals surface area contributed by atoms with E-state index < -0.39 is 10.0 Å². The summed E-state index contributed by atoms with van der Waals surface area (Å²) in [6.07, 6.45) is 2.06. The van der Waals surface area contributed by atoms with Crippen LogP contribution in [0.3, 0.4) is 0 Å². The Morgan fingerprint density at radius 2 is 1.72 bits per heavy atom. The molecule has 1 aliphatic rings. The van der Waals surface area contributed by atoms with E-state index in [1.807, 2.05) is 12.1 Å². The zero-order valence-corrected chi connectivity index (χ0v) is 18.8. The van der Waals surface area contributed by atoms with Gasteiger partial charge in [-0.1, -0.05) is 24.3 Å². The average Bonchev–Trinajstić information content (AvgIpc) is 2.78. The number of carbonyl (C=O) groups is 1. The summed E-state index contributed by atoms with van der Waals surface area (Å²) in [7, 11) is -2.04. The van der Waals surface area contributed by atoms with E-state index in [0.717, 1.165) is 31.5 Å². The number of methoxy groups -OCH3 is 1. The van der Waals surface area contributed by atoms with Gasteiger partial charge >= 0.3 is 0 Å². The Hall–Kier alpha value is -3.52. The van der Waals surface area contributed by atoms with Gasteiger partial charge < -0.3 is 15.0 Å². The van der Waals surface area contributed by atoms with Gasteiger partial charge in [-0.25, -0.2) is 8.42 Å². The fourth-order valence-electron chi connectivity index (χ4n) is 3.81. The molecule has 1 amide bonds. The summed E-state index contributed by atoms with van der Waals surface area (Å²) in [5.41, 5.74) is 5.02. The van der Waals surface area contributed by atoms with Crippen molar-refractivity contribution in [2.75, 3.05) is 34.8 Å². The van der Waals surface area contributed by atoms with Crippen LogP contribution in [0.5, 0.6) is 5.75 Å². The molecule has 0 unspecified atom stereocenters. The molecular formula is C24H25N3O4S. The van der Waals surface area contributed by atoms with Gasteiger partial charge in [0.05, 0.1) is 19.1 Å². The third-order valence-corrected chi connectivity index (χ3v) is 5.97. The molecule has 32 heavy (non-hydrogen) atoms. The number of hydrogen-bond donors (Lipinski definition) is 2. The first kappa shape index (κ1) is 21.7. The largest absolute Gasteiger partial charge is 0.495 e. The van der Waals surface area contributed by atoms with E-state index in [1.165, 1.54) is 24.3 Å². The zero-order valence-electron chi connectivity index (χ0n) is 18.0. The van der Waals surface area contributed by atoms with E-state index in [4.69, 9.17) is 4.74 Å². The van der Waals surface area contributed by atoms with Crippen molar-refractivity contribution in [2.45, 2.75) is 13.0 Å². The molecule has 2 N–H and O–H groups in total. The Balaban J connectivity index is 1.46. The first-order valence-electron chi connectivity index (χ1n) is 10.2. The molecule has 3 aromatic carbocycles. The highest BCUT2D eigenvalue weighted by molar-refractivity contribution is 7.92. The highest BCUT2D eigenvalue weighted by atomic mass is 32.2. The summed E-state index contributed by atoms with van der Waals surface area (Å²) in [5, 5.41) is 2.80. The van der Waals surface area contributed by atoms with Gasteiger partial charge in [-0.05, 0) is 60.0 Å². The smallest absolute Gasteiger partial charge is 0.255 e. The second-order valence-electron chi connectivity index (χ2n) is 7.73. The fourth-order valence-corrected chi connectivity index (χ4v) is 4.37. The standard InChI is InChI=1S/C24H25N3O4S/c1-31-23-12-9-20(15-22(23)26-32(2,29)30)25-24(28)18-7-10-21(11-8-18)27-14-13-17-5-3-4-6-19(17)16-27/h3-12,15,26H,13-14,16H2,1-2H3,(H,25,28). The summed E-state index contributed by atoms with van der Waals surface area (Å²) in [5.74, 6) is 0.0805. The van der Waals surface area contributed by atoms with Gasteiger partial charge in [0.1, 0.15) is 5.75 Å². The number of nitrogens with zero attached hydrogens (tertiary/aromatic N) is 1. The van der Waals surface area contributed by atoms with Crippen LogP contribution in [0.2, 0.25) is 0 Å². The Morgan fingerprint density at radius 1 is 1.00 bits per heavy atom. The van der Waals surface area contributed by atoms with Crippen molar-refractivity contribution in [3.8, 4) is 5.75 Å². The molecule has 4 rings (SSSR count). The zero-order chi connectivity index (χ0) is 22.7. The first-order chi connectivity index (χ1) is 15.3. The molecule has 8 heteroatoms. The molecule has 0 saturated carbocycles. The fraction of sp³-hybridized carbons (Fsp3) is 0.208. The molecule has 0 aliphatic carbocycles. The first-order valence-corrected chi connectivity index (χ1v) is 12.1. The Labute approximate surface area is 188 Å². The summed E-state index contributed by atoms with van der Waals surface area (Å²) in [4.78, 5) is 15.0. The normalized spacial score (nSPS) is 13.2. The predicted octanol–water partition coefficient (Wildman–Crippen LogP) is 3.88. The third kappa shape index (κ3) is 5.03. The maximum atomic E-state index is 12.7. The predicted molar refractivity (Wildman–Crippen MR) is 127 cm³/mol. The quantitative estimate of drug-likeness (QED) is 0.594. The number of nitrogens with one attached hydrogen (secondary N) is 2. The van der Waals surface area contributed by atoms with Crippen molar-refractivity contribution in [3.05, 3.63) is 83.4 Å². The maximum absolute atomic E-state index is 12.7. The number of hydrogen-bond acceptors (Lipinski definition) is 5. The highest BCUT2D eigenvalue weighted by Gasteiger charge is 2.17. The van der Waals surface area contributed by atoms with E-state index >= 15 is 0 Å². The molecule has 0 radical (unpaired) electrons. The monoisotopic (exact) mass is 451 g/mol. The van der Waals surface area contributed by atoms with Crippen molar-refractivity contribution in [3.63, 3.8) is 0 Å². The van der Waals surface area contributed by atoms with Crippen molar-refractivity contribution < 1.29 is 17.9 Å². The van der Waals surface area contributed by atoms with Crippen LogP contribution < -0.4 is 19.7 Å². The second kappa shape index (κ2) is 8.92. The number of benzene rings is 3. The Morgan fingerprint density at radius 3 is 2.41 bits per heavy atom. The molecule has 0 aromatic heterocycles. The van der Waals surface area contributed by atoms with E-state index in [-0.39, 0.29) is 11.6 Å². The van der Waals surface area contributed by atoms with Gasteiger partial charge in [0.2, 0.25) is 10.0 Å². The van der Waals surface area contributed by atoms with Crippen molar-refractivity contribution in [1.82, 2.24) is 0 Å². The van der Waals surface area contributed by atoms with Crippen LogP contribution in [0, 0.1) is 0 Å². The molecule has 0 atom stereocenters. The van der Waals surface area contributed by atoms with E-state index in [1.54, 1.807) is 24.3 Å². The van der Waals surface area contributed by atoms with Gasteiger partial charge in [-0.15, -0.1) is 0 Å². The number of ether oxygens (including phenoxy) is 1. The lowest BCUT2D eigenvalue weighted by Gasteiger charge is -2.30. The minimum absolute atomic E-state index is 0.258. The lowest BCUT2D eigenvalue weighted by molar-refractivity contribution is 0.102. The molecule has 7 nitrogen and oxygen atoms in total.